The van der Waals surface area contributed by atoms with Crippen molar-refractivity contribution in [2.75, 3.05) is 0 Å². The zero-order chi connectivity index (χ0) is 22.1. The summed E-state index contributed by atoms with van der Waals surface area (Å²) in [5.74, 6) is -0.636. The van der Waals surface area contributed by atoms with E-state index in [4.69, 9.17) is 9.15 Å². The SMILES string of the molecule is CCC1CCc2c(Oc3nc(C(=O)N[C@H](C)c4cc(F)c(C)c(F)c4)co3)cccc21. The van der Waals surface area contributed by atoms with Gasteiger partial charge in [0, 0.05) is 5.56 Å². The second-order valence-electron chi connectivity index (χ2n) is 7.87. The maximum atomic E-state index is 13.8. The van der Waals surface area contributed by atoms with Gasteiger partial charge in [0.2, 0.25) is 0 Å². The number of ether oxygens (including phenoxy) is 1. The summed E-state index contributed by atoms with van der Waals surface area (Å²) >= 11 is 0. The number of hydrogen-bond acceptors (Lipinski definition) is 4. The van der Waals surface area contributed by atoms with E-state index in [2.05, 4.69) is 23.3 Å². The molecule has 1 aromatic heterocycles. The minimum Gasteiger partial charge on any atom is -0.416 e. The molecule has 1 heterocycles. The number of nitrogens with one attached hydrogen (secondary N) is 1. The van der Waals surface area contributed by atoms with E-state index in [0.29, 0.717) is 17.2 Å². The number of nitrogens with zero attached hydrogens (tertiary/aromatic N) is 1. The molecule has 31 heavy (non-hydrogen) atoms. The standard InChI is InChI=1S/C24H24F2N2O3/c1-4-15-8-9-18-17(15)6-5-7-22(18)31-24-28-21(12-30-24)23(29)27-14(3)16-10-19(25)13(2)20(26)11-16/h5-7,10-12,14-15H,4,8-9H2,1-3H3,(H,27,29)/t14-,15?/m1/s1. The van der Waals surface area contributed by atoms with E-state index in [1.807, 2.05) is 12.1 Å². The number of amides is 1. The monoisotopic (exact) mass is 426 g/mol. The Balaban J connectivity index is 1.46. The highest BCUT2D eigenvalue weighted by Gasteiger charge is 2.25. The fraction of sp³-hybridized carbons (Fsp3) is 0.333. The molecule has 0 fully saturated rings. The Hall–Kier alpha value is -3.22. The van der Waals surface area contributed by atoms with Crippen molar-refractivity contribution >= 4 is 5.91 Å². The van der Waals surface area contributed by atoms with Gasteiger partial charge in [0.25, 0.3) is 5.91 Å². The molecule has 1 aliphatic carbocycles. The van der Waals surface area contributed by atoms with Crippen LogP contribution in [-0.4, -0.2) is 10.9 Å². The normalized spacial score (nSPS) is 16.1. The van der Waals surface area contributed by atoms with Crippen LogP contribution < -0.4 is 10.1 Å². The Bertz CT molecular complexity index is 1100. The van der Waals surface area contributed by atoms with Crippen molar-refractivity contribution in [2.24, 2.45) is 0 Å². The fourth-order valence-electron chi connectivity index (χ4n) is 4.00. The van der Waals surface area contributed by atoms with Crippen LogP contribution in [0, 0.1) is 18.6 Å². The van der Waals surface area contributed by atoms with Gasteiger partial charge >= 0.3 is 6.08 Å². The zero-order valence-electron chi connectivity index (χ0n) is 17.7. The molecule has 2 atom stereocenters. The highest BCUT2D eigenvalue weighted by atomic mass is 19.1. The van der Waals surface area contributed by atoms with Crippen molar-refractivity contribution in [3.63, 3.8) is 0 Å². The molecule has 0 aliphatic heterocycles. The third-order valence-corrected chi connectivity index (χ3v) is 5.91. The van der Waals surface area contributed by atoms with Gasteiger partial charge in [-0.1, -0.05) is 19.1 Å². The molecule has 4 rings (SSSR count). The molecule has 162 valence electrons. The summed E-state index contributed by atoms with van der Waals surface area (Å²) in [4.78, 5) is 16.6. The first-order valence-corrected chi connectivity index (χ1v) is 10.4. The van der Waals surface area contributed by atoms with Gasteiger partial charge < -0.3 is 14.5 Å². The van der Waals surface area contributed by atoms with Gasteiger partial charge in [-0.15, -0.1) is 0 Å². The molecule has 0 saturated heterocycles. The van der Waals surface area contributed by atoms with E-state index in [0.717, 1.165) is 24.8 Å². The molecule has 1 N–H and O–H groups in total. The maximum absolute atomic E-state index is 13.8. The third-order valence-electron chi connectivity index (χ3n) is 5.91. The van der Waals surface area contributed by atoms with Crippen LogP contribution >= 0.6 is 0 Å². The lowest BCUT2D eigenvalue weighted by Crippen LogP contribution is -2.27. The Morgan fingerprint density at radius 2 is 2.06 bits per heavy atom. The summed E-state index contributed by atoms with van der Waals surface area (Å²) in [6, 6.07) is 7.72. The van der Waals surface area contributed by atoms with Gasteiger partial charge in [-0.05, 0) is 73.9 Å². The maximum Gasteiger partial charge on any atom is 0.399 e. The minimum absolute atomic E-state index is 0.0221. The molecule has 2 aromatic carbocycles. The minimum atomic E-state index is -0.658. The Labute approximate surface area is 179 Å². The van der Waals surface area contributed by atoms with E-state index < -0.39 is 23.6 Å². The van der Waals surface area contributed by atoms with Crippen LogP contribution in [0.25, 0.3) is 0 Å². The first-order chi connectivity index (χ1) is 14.9. The lowest BCUT2D eigenvalue weighted by atomic mass is 9.99. The summed E-state index contributed by atoms with van der Waals surface area (Å²) in [5, 5.41) is 2.67. The Morgan fingerprint density at radius 3 is 2.77 bits per heavy atom. The lowest BCUT2D eigenvalue weighted by molar-refractivity contribution is 0.0934. The summed E-state index contributed by atoms with van der Waals surface area (Å²) in [6.45, 7) is 5.17. The smallest absolute Gasteiger partial charge is 0.399 e. The van der Waals surface area contributed by atoms with Crippen molar-refractivity contribution in [3.8, 4) is 11.8 Å². The first kappa shape index (κ1) is 21.0. The number of halogens is 2. The van der Waals surface area contributed by atoms with Gasteiger partial charge in [-0.25, -0.2) is 8.78 Å². The van der Waals surface area contributed by atoms with Crippen LogP contribution in [0.2, 0.25) is 0 Å². The molecule has 1 unspecified atom stereocenters. The number of fused-ring (bicyclic) bond motifs is 1. The average Bonchev–Trinajstić information content (AvgIpc) is 3.39. The highest BCUT2D eigenvalue weighted by Crippen LogP contribution is 2.41. The van der Waals surface area contributed by atoms with E-state index >= 15 is 0 Å². The Kier molecular flexibility index (Phi) is 5.76. The average molecular weight is 426 g/mol. The lowest BCUT2D eigenvalue weighted by Gasteiger charge is -2.14. The number of benzene rings is 2. The van der Waals surface area contributed by atoms with Crippen LogP contribution in [0.4, 0.5) is 8.78 Å². The molecule has 0 radical (unpaired) electrons. The summed E-state index contributed by atoms with van der Waals surface area (Å²) in [7, 11) is 0. The number of oxazole rings is 1. The van der Waals surface area contributed by atoms with E-state index in [1.165, 1.54) is 30.9 Å². The predicted octanol–water partition coefficient (Wildman–Crippen LogP) is 5.98. The van der Waals surface area contributed by atoms with Crippen LogP contribution in [0.3, 0.4) is 0 Å². The number of hydrogen-bond donors (Lipinski definition) is 1. The number of carbonyl (C=O) groups excluding carboxylic acids is 1. The van der Waals surface area contributed by atoms with Crippen molar-refractivity contribution in [1.29, 1.82) is 0 Å². The van der Waals surface area contributed by atoms with E-state index in [-0.39, 0.29) is 17.3 Å². The van der Waals surface area contributed by atoms with Gasteiger partial charge in [0.15, 0.2) is 5.69 Å². The summed E-state index contributed by atoms with van der Waals surface area (Å²) < 4.78 is 38.8. The topological polar surface area (TPSA) is 64.4 Å². The highest BCUT2D eigenvalue weighted by molar-refractivity contribution is 5.92. The Morgan fingerprint density at radius 1 is 1.32 bits per heavy atom. The summed E-state index contributed by atoms with van der Waals surface area (Å²) in [5.41, 5.74) is 2.72. The second kappa shape index (κ2) is 8.49. The van der Waals surface area contributed by atoms with E-state index in [1.54, 1.807) is 6.92 Å². The van der Waals surface area contributed by atoms with Crippen molar-refractivity contribution in [3.05, 3.63) is 76.2 Å². The fourth-order valence-corrected chi connectivity index (χ4v) is 4.00. The van der Waals surface area contributed by atoms with Crippen LogP contribution in [0.5, 0.6) is 11.8 Å². The van der Waals surface area contributed by atoms with Gasteiger partial charge in [0.05, 0.1) is 6.04 Å². The van der Waals surface area contributed by atoms with Crippen LogP contribution in [0.1, 0.15) is 71.4 Å². The number of carbonyl (C=O) groups is 1. The first-order valence-electron chi connectivity index (χ1n) is 10.4. The number of aromatic nitrogens is 1. The van der Waals surface area contributed by atoms with Gasteiger partial charge in [-0.3, -0.25) is 4.79 Å². The largest absolute Gasteiger partial charge is 0.416 e. The molecule has 5 nitrogen and oxygen atoms in total. The van der Waals surface area contributed by atoms with Crippen molar-refractivity contribution in [1.82, 2.24) is 10.3 Å². The molecule has 0 bridgehead atoms. The molecule has 0 spiro atoms. The molecule has 7 heteroatoms. The number of rotatable bonds is 6. The molecule has 1 amide bonds. The molecular weight excluding hydrogens is 402 g/mol. The van der Waals surface area contributed by atoms with Crippen molar-refractivity contribution < 1.29 is 22.7 Å². The van der Waals surface area contributed by atoms with Gasteiger partial charge in [-0.2, -0.15) is 4.98 Å². The molecular formula is C24H24F2N2O3. The third kappa shape index (κ3) is 4.17. The summed E-state index contributed by atoms with van der Waals surface area (Å²) in [6.07, 6.45) is 4.26. The quantitative estimate of drug-likeness (QED) is 0.526. The molecule has 0 saturated carbocycles. The molecule has 1 aliphatic rings. The second-order valence-corrected chi connectivity index (χ2v) is 7.87. The van der Waals surface area contributed by atoms with Gasteiger partial charge in [0.1, 0.15) is 23.6 Å². The molecule has 3 aromatic rings. The van der Waals surface area contributed by atoms with Crippen LogP contribution in [-0.2, 0) is 6.42 Å². The predicted molar refractivity (Wildman–Crippen MR) is 111 cm³/mol. The van der Waals surface area contributed by atoms with Crippen LogP contribution in [0.15, 0.2) is 41.0 Å². The van der Waals surface area contributed by atoms with Crippen molar-refractivity contribution in [2.45, 2.75) is 52.0 Å². The zero-order valence-corrected chi connectivity index (χ0v) is 17.7. The van der Waals surface area contributed by atoms with E-state index in [9.17, 15) is 13.6 Å².